The van der Waals surface area contributed by atoms with Crippen LogP contribution in [0, 0.1) is 0 Å². The summed E-state index contributed by atoms with van der Waals surface area (Å²) in [7, 11) is 0. The lowest BCUT2D eigenvalue weighted by Crippen LogP contribution is -2.14. The van der Waals surface area contributed by atoms with Crippen molar-refractivity contribution in [2.45, 2.75) is 13.3 Å². The number of anilines is 1. The SMILES string of the molecule is O=C(Nc1cnn(Cc2ccc(Br)cc2)c1)c1ccn(COc2c(Cl)cccc2Cl)n1. The van der Waals surface area contributed by atoms with Gasteiger partial charge in [0.15, 0.2) is 18.2 Å². The fourth-order valence-corrected chi connectivity index (χ4v) is 3.56. The van der Waals surface area contributed by atoms with Crippen LogP contribution in [0.1, 0.15) is 16.1 Å². The van der Waals surface area contributed by atoms with Crippen LogP contribution in [0.3, 0.4) is 0 Å². The van der Waals surface area contributed by atoms with Gasteiger partial charge in [-0.15, -0.1) is 0 Å². The summed E-state index contributed by atoms with van der Waals surface area (Å²) < 4.78 is 9.87. The number of nitrogens with zero attached hydrogens (tertiary/aromatic N) is 4. The molecule has 0 fully saturated rings. The number of rotatable bonds is 7. The normalized spacial score (nSPS) is 10.8. The Kier molecular flexibility index (Phi) is 6.60. The van der Waals surface area contributed by atoms with Gasteiger partial charge in [0.25, 0.3) is 5.91 Å². The molecule has 4 rings (SSSR count). The van der Waals surface area contributed by atoms with E-state index < -0.39 is 0 Å². The minimum atomic E-state index is -0.349. The van der Waals surface area contributed by atoms with Crippen molar-refractivity contribution >= 4 is 50.7 Å². The second kappa shape index (κ2) is 9.55. The van der Waals surface area contributed by atoms with E-state index in [4.69, 9.17) is 27.9 Å². The Morgan fingerprint density at radius 2 is 1.81 bits per heavy atom. The first-order valence-electron chi connectivity index (χ1n) is 9.16. The Hall–Kier alpha value is -2.81. The quantitative estimate of drug-likeness (QED) is 0.350. The van der Waals surface area contributed by atoms with Crippen LogP contribution in [0.2, 0.25) is 10.0 Å². The van der Waals surface area contributed by atoms with Crippen LogP contribution in [0.15, 0.2) is 71.6 Å². The fraction of sp³-hybridized carbons (Fsp3) is 0.0952. The zero-order valence-corrected chi connectivity index (χ0v) is 19.1. The first-order valence-corrected chi connectivity index (χ1v) is 10.7. The van der Waals surface area contributed by atoms with Crippen LogP contribution < -0.4 is 10.1 Å². The molecule has 158 valence electrons. The number of carbonyl (C=O) groups excluding carboxylic acids is 1. The third-order valence-electron chi connectivity index (χ3n) is 4.28. The number of aromatic nitrogens is 4. The van der Waals surface area contributed by atoms with E-state index in [1.165, 1.54) is 4.68 Å². The summed E-state index contributed by atoms with van der Waals surface area (Å²) >= 11 is 15.6. The van der Waals surface area contributed by atoms with Gasteiger partial charge in [0.05, 0.1) is 28.5 Å². The number of carbonyl (C=O) groups is 1. The molecule has 0 unspecified atom stereocenters. The summed E-state index contributed by atoms with van der Waals surface area (Å²) in [6.45, 7) is 0.654. The summed E-state index contributed by atoms with van der Waals surface area (Å²) in [6, 6.07) is 14.7. The minimum Gasteiger partial charge on any atom is -0.468 e. The standard InChI is InChI=1S/C21H16BrCl2N5O2/c22-15-6-4-14(5-7-15)11-29-12-16(10-25-29)26-21(30)19-8-9-28(27-19)13-31-20-17(23)2-1-3-18(20)24/h1-10,12H,11,13H2,(H,26,30). The topological polar surface area (TPSA) is 74.0 Å². The number of para-hydroxylation sites is 1. The van der Waals surface area contributed by atoms with Crippen molar-refractivity contribution in [1.29, 1.82) is 0 Å². The van der Waals surface area contributed by atoms with Gasteiger partial charge in [0, 0.05) is 16.9 Å². The molecule has 0 aliphatic rings. The van der Waals surface area contributed by atoms with Gasteiger partial charge in [-0.1, -0.05) is 57.3 Å². The zero-order valence-electron chi connectivity index (χ0n) is 16.0. The first kappa shape index (κ1) is 21.4. The van der Waals surface area contributed by atoms with Crippen LogP contribution in [0.25, 0.3) is 0 Å². The molecule has 4 aromatic rings. The van der Waals surface area contributed by atoms with Crippen molar-refractivity contribution in [1.82, 2.24) is 19.6 Å². The molecule has 7 nitrogen and oxygen atoms in total. The lowest BCUT2D eigenvalue weighted by Gasteiger charge is -2.09. The van der Waals surface area contributed by atoms with Gasteiger partial charge in [0.1, 0.15) is 0 Å². The third kappa shape index (κ3) is 5.46. The number of amides is 1. The van der Waals surface area contributed by atoms with Gasteiger partial charge in [0.2, 0.25) is 0 Å². The van der Waals surface area contributed by atoms with Gasteiger partial charge in [-0.05, 0) is 35.9 Å². The molecule has 2 aromatic heterocycles. The molecular weight excluding hydrogens is 505 g/mol. The maximum absolute atomic E-state index is 12.5. The van der Waals surface area contributed by atoms with Crippen molar-refractivity contribution in [3.8, 4) is 5.75 Å². The van der Waals surface area contributed by atoms with Crippen LogP contribution in [0.4, 0.5) is 5.69 Å². The number of halogens is 3. The molecule has 0 aliphatic carbocycles. The Labute approximate surface area is 196 Å². The summed E-state index contributed by atoms with van der Waals surface area (Å²) in [5.74, 6) is 0.0169. The van der Waals surface area contributed by atoms with Crippen molar-refractivity contribution in [2.75, 3.05) is 5.32 Å². The molecule has 10 heteroatoms. The molecular formula is C21H16BrCl2N5O2. The second-order valence-electron chi connectivity index (χ2n) is 6.57. The first-order chi connectivity index (χ1) is 15.0. The molecule has 0 atom stereocenters. The van der Waals surface area contributed by atoms with Gasteiger partial charge < -0.3 is 10.1 Å². The van der Waals surface area contributed by atoms with E-state index in [1.54, 1.807) is 47.5 Å². The highest BCUT2D eigenvalue weighted by Gasteiger charge is 2.12. The molecule has 0 saturated heterocycles. The van der Waals surface area contributed by atoms with Crippen LogP contribution >= 0.6 is 39.1 Å². The molecule has 0 radical (unpaired) electrons. The van der Waals surface area contributed by atoms with Crippen LogP contribution in [-0.4, -0.2) is 25.5 Å². The van der Waals surface area contributed by atoms with E-state index in [0.29, 0.717) is 28.0 Å². The molecule has 0 bridgehead atoms. The second-order valence-corrected chi connectivity index (χ2v) is 8.30. The summed E-state index contributed by atoms with van der Waals surface area (Å²) in [6.07, 6.45) is 4.99. The highest BCUT2D eigenvalue weighted by molar-refractivity contribution is 9.10. The molecule has 1 N–H and O–H groups in total. The lowest BCUT2D eigenvalue weighted by molar-refractivity contribution is 0.102. The predicted molar refractivity (Wildman–Crippen MR) is 123 cm³/mol. The zero-order chi connectivity index (χ0) is 21.8. The Balaban J connectivity index is 1.35. The van der Waals surface area contributed by atoms with Crippen LogP contribution in [0.5, 0.6) is 5.75 Å². The van der Waals surface area contributed by atoms with Crippen LogP contribution in [-0.2, 0) is 13.3 Å². The molecule has 31 heavy (non-hydrogen) atoms. The number of benzene rings is 2. The Bertz CT molecular complexity index is 1190. The highest BCUT2D eigenvalue weighted by atomic mass is 79.9. The Morgan fingerprint density at radius 1 is 1.06 bits per heavy atom. The Morgan fingerprint density at radius 3 is 2.55 bits per heavy atom. The van der Waals surface area contributed by atoms with E-state index in [2.05, 4.69) is 31.4 Å². The minimum absolute atomic E-state index is 0.0574. The average molecular weight is 521 g/mol. The summed E-state index contributed by atoms with van der Waals surface area (Å²) in [4.78, 5) is 12.5. The van der Waals surface area contributed by atoms with E-state index in [9.17, 15) is 4.79 Å². The number of hydrogen-bond acceptors (Lipinski definition) is 4. The van der Waals surface area contributed by atoms with E-state index in [-0.39, 0.29) is 18.3 Å². The lowest BCUT2D eigenvalue weighted by atomic mass is 10.2. The molecule has 2 heterocycles. The molecule has 0 saturated carbocycles. The van der Waals surface area contributed by atoms with E-state index in [1.807, 2.05) is 24.3 Å². The number of hydrogen-bond donors (Lipinski definition) is 1. The monoisotopic (exact) mass is 519 g/mol. The van der Waals surface area contributed by atoms with Gasteiger partial charge in [-0.2, -0.15) is 10.2 Å². The van der Waals surface area contributed by atoms with Gasteiger partial charge in [-0.25, -0.2) is 4.68 Å². The molecule has 2 aromatic carbocycles. The largest absolute Gasteiger partial charge is 0.468 e. The maximum atomic E-state index is 12.5. The number of ether oxygens (including phenoxy) is 1. The maximum Gasteiger partial charge on any atom is 0.276 e. The number of nitrogens with one attached hydrogen (secondary N) is 1. The van der Waals surface area contributed by atoms with E-state index >= 15 is 0 Å². The molecule has 0 aliphatic heterocycles. The summed E-state index contributed by atoms with van der Waals surface area (Å²) in [5.41, 5.74) is 1.92. The van der Waals surface area contributed by atoms with Gasteiger partial charge in [-0.3, -0.25) is 9.48 Å². The van der Waals surface area contributed by atoms with Crippen molar-refractivity contribution in [2.24, 2.45) is 0 Å². The van der Waals surface area contributed by atoms with Crippen molar-refractivity contribution in [3.05, 3.63) is 92.9 Å². The van der Waals surface area contributed by atoms with E-state index in [0.717, 1.165) is 10.0 Å². The van der Waals surface area contributed by atoms with Crippen molar-refractivity contribution in [3.63, 3.8) is 0 Å². The predicted octanol–water partition coefficient (Wildman–Crippen LogP) is 5.49. The highest BCUT2D eigenvalue weighted by Crippen LogP contribution is 2.32. The molecule has 1 amide bonds. The van der Waals surface area contributed by atoms with Crippen molar-refractivity contribution < 1.29 is 9.53 Å². The molecule has 0 spiro atoms. The smallest absolute Gasteiger partial charge is 0.276 e. The average Bonchev–Trinajstić information content (AvgIpc) is 3.39. The van der Waals surface area contributed by atoms with Gasteiger partial charge >= 0.3 is 0 Å². The summed E-state index contributed by atoms with van der Waals surface area (Å²) in [5, 5.41) is 12.1. The third-order valence-corrected chi connectivity index (χ3v) is 5.41. The fourth-order valence-electron chi connectivity index (χ4n) is 2.79.